The topological polar surface area (TPSA) is 108 Å². The van der Waals surface area contributed by atoms with E-state index in [4.69, 9.17) is 18.5 Å². The van der Waals surface area contributed by atoms with Crippen LogP contribution in [-0.4, -0.2) is 74.9 Å². The van der Waals surface area contributed by atoms with Crippen molar-refractivity contribution < 1.29 is 42.1 Å². The molecule has 92 heavy (non-hydrogen) atoms. The predicted octanol–water partition coefficient (Wildman–Crippen LogP) is 25.8. The van der Waals surface area contributed by atoms with Gasteiger partial charge in [0.2, 0.25) is 0 Å². The van der Waals surface area contributed by atoms with Gasteiger partial charge < -0.3 is 18.9 Å². The molecule has 0 amide bonds. The number of likely N-dealkylation sites (N-methyl/N-ethyl adjacent to an activating group) is 1. The van der Waals surface area contributed by atoms with Crippen molar-refractivity contribution in [1.29, 1.82) is 0 Å². The van der Waals surface area contributed by atoms with Crippen LogP contribution in [0.3, 0.4) is 0 Å². The highest BCUT2D eigenvalue weighted by Crippen LogP contribution is 2.43. The fourth-order valence-electron chi connectivity index (χ4n) is 11.2. The minimum atomic E-state index is -4.40. The van der Waals surface area contributed by atoms with Gasteiger partial charge in [0, 0.05) is 12.8 Å². The molecule has 0 spiro atoms. The van der Waals surface area contributed by atoms with E-state index in [0.717, 1.165) is 77.0 Å². The number of phosphoric ester groups is 1. The number of rotatable bonds is 72. The van der Waals surface area contributed by atoms with Gasteiger partial charge in [0.05, 0.1) is 27.7 Å². The summed E-state index contributed by atoms with van der Waals surface area (Å²) in [6.07, 6.45) is 101. The second kappa shape index (κ2) is 72.2. The summed E-state index contributed by atoms with van der Waals surface area (Å²) < 4.78 is 34.8. The summed E-state index contributed by atoms with van der Waals surface area (Å²) in [5, 5.41) is 0. The molecule has 0 rings (SSSR count). The molecule has 0 saturated carbocycles. The molecule has 2 unspecified atom stereocenters. The van der Waals surface area contributed by atoms with Gasteiger partial charge in [-0.25, -0.2) is 4.57 Å². The normalized spacial score (nSPS) is 13.6. The quantitative estimate of drug-likeness (QED) is 0.0211. The van der Waals surface area contributed by atoms with Crippen LogP contribution < -0.4 is 0 Å². The zero-order valence-electron chi connectivity index (χ0n) is 61.0. The van der Waals surface area contributed by atoms with Crippen LogP contribution in [0.1, 0.15) is 361 Å². The molecule has 0 heterocycles. The lowest BCUT2D eigenvalue weighted by molar-refractivity contribution is -0.870. The van der Waals surface area contributed by atoms with Crippen molar-refractivity contribution in [2.24, 2.45) is 0 Å². The summed E-state index contributed by atoms with van der Waals surface area (Å²) in [7, 11) is 1.49. The second-order valence-electron chi connectivity index (χ2n) is 27.4. The first-order chi connectivity index (χ1) is 45.0. The first-order valence-corrected chi connectivity index (χ1v) is 40.5. The molecular formula is C82H149NO8P+. The van der Waals surface area contributed by atoms with Crippen molar-refractivity contribution in [3.8, 4) is 0 Å². The summed E-state index contributed by atoms with van der Waals surface area (Å²) in [6.45, 7) is 4.37. The number of hydrogen-bond donors (Lipinski definition) is 1. The largest absolute Gasteiger partial charge is 0.472 e. The van der Waals surface area contributed by atoms with E-state index >= 15 is 0 Å². The van der Waals surface area contributed by atoms with Crippen molar-refractivity contribution in [2.45, 2.75) is 367 Å². The number of carbonyl (C=O) groups excluding carboxylic acids is 2. The molecular weight excluding hydrogens is 1160 g/mol. The maximum absolute atomic E-state index is 12.9. The van der Waals surface area contributed by atoms with Crippen LogP contribution in [0.2, 0.25) is 0 Å². The van der Waals surface area contributed by atoms with E-state index in [2.05, 4.69) is 111 Å². The van der Waals surface area contributed by atoms with Gasteiger partial charge in [0.1, 0.15) is 19.8 Å². The highest BCUT2D eigenvalue weighted by atomic mass is 31.2. The summed E-state index contributed by atoms with van der Waals surface area (Å²) >= 11 is 0. The molecule has 0 aliphatic heterocycles. The number of carbonyl (C=O) groups is 2. The monoisotopic (exact) mass is 1310 g/mol. The Hall–Kier alpha value is -3.07. The van der Waals surface area contributed by atoms with Gasteiger partial charge in [-0.05, 0) is 96.3 Å². The van der Waals surface area contributed by atoms with Crippen LogP contribution >= 0.6 is 7.82 Å². The molecule has 534 valence electrons. The third kappa shape index (κ3) is 76.0. The van der Waals surface area contributed by atoms with E-state index in [-0.39, 0.29) is 25.6 Å². The molecule has 0 aliphatic carbocycles. The highest BCUT2D eigenvalue weighted by Gasteiger charge is 2.27. The zero-order chi connectivity index (χ0) is 66.9. The summed E-state index contributed by atoms with van der Waals surface area (Å²) in [6, 6.07) is 0. The average molecular weight is 1310 g/mol. The number of quaternary nitrogens is 1. The van der Waals surface area contributed by atoms with E-state index in [0.29, 0.717) is 23.9 Å². The number of allylic oxidation sites excluding steroid dienone is 16. The molecule has 0 aromatic carbocycles. The smallest absolute Gasteiger partial charge is 0.462 e. The van der Waals surface area contributed by atoms with Gasteiger partial charge in [-0.15, -0.1) is 0 Å². The lowest BCUT2D eigenvalue weighted by atomic mass is 10.0. The van der Waals surface area contributed by atoms with Gasteiger partial charge in [-0.3, -0.25) is 18.6 Å². The first kappa shape index (κ1) is 88.9. The molecule has 0 fully saturated rings. The number of ether oxygens (including phenoxy) is 2. The number of hydrogen-bond acceptors (Lipinski definition) is 7. The number of phosphoric acid groups is 1. The van der Waals surface area contributed by atoms with E-state index in [9.17, 15) is 19.0 Å². The van der Waals surface area contributed by atoms with Gasteiger partial charge in [0.15, 0.2) is 6.10 Å². The SMILES string of the molecule is CC/C=C\C/C=C\C/C=C\C/C=C\C/C=C\C/C=C\C/C=C\CCCCCCCCCCCCCCCCCCCC(=O)OC(COC(=O)CCCCCCCCCCCCCCCCCCC/C=C\CCCCCCCCCC)COP(=O)(O)OCC[N+](C)(C)C. The Morgan fingerprint density at radius 2 is 0.620 bits per heavy atom. The Bertz CT molecular complexity index is 1880. The molecule has 1 N–H and O–H groups in total. The minimum Gasteiger partial charge on any atom is -0.462 e. The molecule has 10 heteroatoms. The Morgan fingerprint density at radius 1 is 0.348 bits per heavy atom. The van der Waals surface area contributed by atoms with Crippen LogP contribution in [0.15, 0.2) is 97.2 Å². The maximum Gasteiger partial charge on any atom is 0.472 e. The van der Waals surface area contributed by atoms with Gasteiger partial charge in [-0.1, -0.05) is 349 Å². The molecule has 2 atom stereocenters. The standard InChI is InChI=1S/C82H148NO8P/c1-6-8-10-12-14-16-18-20-22-24-26-28-30-32-34-36-37-38-39-40-41-42-43-44-45-47-49-51-53-55-57-59-61-63-65-67-69-71-73-75-82(85)91-80(79-90-92(86,87)89-77-76-83(3,4)5)78-88-81(84)74-72-70-68-66-64-62-60-58-56-54-52-50-48-46-35-33-31-29-27-25-23-21-19-17-15-13-11-9-7-2/h8,10,14,16,20,22,25-28,32,34,37-38,40-41,80H,6-7,9,11-13,15,17-19,21,23-24,29-31,33,35-36,39,42-79H2,1-5H3/p+1/b10-8-,16-14-,22-20-,27-25-,28-26-,34-32-,38-37-,41-40-. The summed E-state index contributed by atoms with van der Waals surface area (Å²) in [5.41, 5.74) is 0. The Kier molecular flexibility index (Phi) is 69.8. The molecule has 0 aromatic heterocycles. The van der Waals surface area contributed by atoms with Crippen molar-refractivity contribution in [3.05, 3.63) is 97.2 Å². The number of nitrogens with zero attached hydrogens (tertiary/aromatic N) is 1. The van der Waals surface area contributed by atoms with E-state index in [1.807, 2.05) is 21.1 Å². The van der Waals surface area contributed by atoms with E-state index < -0.39 is 26.5 Å². The van der Waals surface area contributed by atoms with Crippen molar-refractivity contribution in [1.82, 2.24) is 0 Å². The molecule has 9 nitrogen and oxygen atoms in total. The van der Waals surface area contributed by atoms with Crippen LogP contribution in [0.5, 0.6) is 0 Å². The zero-order valence-corrected chi connectivity index (χ0v) is 61.9. The maximum atomic E-state index is 12.9. The van der Waals surface area contributed by atoms with Gasteiger partial charge in [-0.2, -0.15) is 0 Å². The van der Waals surface area contributed by atoms with Gasteiger partial charge in [0.25, 0.3) is 0 Å². The minimum absolute atomic E-state index is 0.0313. The number of esters is 2. The highest BCUT2D eigenvalue weighted by molar-refractivity contribution is 7.47. The third-order valence-corrected chi connectivity index (χ3v) is 18.1. The fraction of sp³-hybridized carbons (Fsp3) is 0.780. The van der Waals surface area contributed by atoms with E-state index in [1.165, 1.54) is 250 Å². The second-order valence-corrected chi connectivity index (χ2v) is 28.8. The Balaban J connectivity index is 3.97. The average Bonchev–Trinajstić information content (AvgIpc) is 2.14. The first-order valence-electron chi connectivity index (χ1n) is 39.0. The molecule has 0 saturated heterocycles. The summed E-state index contributed by atoms with van der Waals surface area (Å²) in [4.78, 5) is 36.0. The molecule has 0 bridgehead atoms. The molecule has 0 aliphatic rings. The number of unbranched alkanes of at least 4 members (excludes halogenated alkanes) is 42. The van der Waals surface area contributed by atoms with Crippen molar-refractivity contribution in [3.63, 3.8) is 0 Å². The Morgan fingerprint density at radius 3 is 0.935 bits per heavy atom. The molecule has 0 aromatic rings. The van der Waals surface area contributed by atoms with Crippen molar-refractivity contribution >= 4 is 19.8 Å². The van der Waals surface area contributed by atoms with E-state index in [1.54, 1.807) is 0 Å². The Labute approximate surface area is 570 Å². The van der Waals surface area contributed by atoms with Crippen LogP contribution in [-0.2, 0) is 32.7 Å². The lowest BCUT2D eigenvalue weighted by Gasteiger charge is -2.24. The van der Waals surface area contributed by atoms with Crippen molar-refractivity contribution in [2.75, 3.05) is 47.5 Å². The predicted molar refractivity (Wildman–Crippen MR) is 399 cm³/mol. The van der Waals surface area contributed by atoms with Gasteiger partial charge >= 0.3 is 19.8 Å². The van der Waals surface area contributed by atoms with Crippen LogP contribution in [0.25, 0.3) is 0 Å². The van der Waals surface area contributed by atoms with Crippen LogP contribution in [0, 0.1) is 0 Å². The fourth-order valence-corrected chi connectivity index (χ4v) is 11.9. The molecule has 0 radical (unpaired) electrons. The lowest BCUT2D eigenvalue weighted by Crippen LogP contribution is -2.37. The van der Waals surface area contributed by atoms with Crippen LogP contribution in [0.4, 0.5) is 0 Å². The summed E-state index contributed by atoms with van der Waals surface area (Å²) in [5.74, 6) is -0.782. The third-order valence-electron chi connectivity index (χ3n) is 17.1.